The summed E-state index contributed by atoms with van der Waals surface area (Å²) in [5.41, 5.74) is 1.70. The molecule has 1 aromatic heterocycles. The monoisotopic (exact) mass is 417 g/mol. The summed E-state index contributed by atoms with van der Waals surface area (Å²) in [7, 11) is 0. The first-order valence-corrected chi connectivity index (χ1v) is 10.4. The smallest absolute Gasteiger partial charge is 0.257 e. The molecule has 158 valence electrons. The molecule has 0 unspecified atom stereocenters. The summed E-state index contributed by atoms with van der Waals surface area (Å²) in [6.45, 7) is 1.52. The Labute approximate surface area is 179 Å². The second kappa shape index (κ2) is 7.35. The summed E-state index contributed by atoms with van der Waals surface area (Å²) in [4.78, 5) is 32.8. The van der Waals surface area contributed by atoms with Crippen LogP contribution in [-0.2, 0) is 4.79 Å². The van der Waals surface area contributed by atoms with Crippen molar-refractivity contribution in [2.75, 3.05) is 26.2 Å². The van der Waals surface area contributed by atoms with E-state index < -0.39 is 5.60 Å². The average molecular weight is 417 g/mol. The molecule has 1 aliphatic heterocycles. The fourth-order valence-corrected chi connectivity index (χ4v) is 4.06. The zero-order valence-electron chi connectivity index (χ0n) is 17.0. The van der Waals surface area contributed by atoms with Crippen molar-refractivity contribution in [3.63, 3.8) is 0 Å². The average Bonchev–Trinajstić information content (AvgIpc) is 3.56. The van der Waals surface area contributed by atoms with Crippen molar-refractivity contribution in [2.45, 2.75) is 18.4 Å². The number of aliphatic hydroxyl groups is 1. The van der Waals surface area contributed by atoms with Crippen LogP contribution in [-0.4, -0.2) is 68.6 Å². The number of carbonyl (C=O) groups excluding carboxylic acids is 2. The second-order valence-electron chi connectivity index (χ2n) is 8.26. The number of rotatable bonds is 3. The van der Waals surface area contributed by atoms with Gasteiger partial charge in [-0.15, -0.1) is 0 Å². The number of hydrogen-bond donors (Lipinski definition) is 2. The third kappa shape index (κ3) is 3.61. The maximum Gasteiger partial charge on any atom is 0.257 e. The van der Waals surface area contributed by atoms with Gasteiger partial charge in [-0.1, -0.05) is 18.2 Å². The Morgan fingerprint density at radius 1 is 0.903 bits per heavy atom. The predicted octanol–water partition coefficient (Wildman–Crippen LogP) is 2.42. The fourth-order valence-electron chi connectivity index (χ4n) is 4.06. The lowest BCUT2D eigenvalue weighted by Crippen LogP contribution is -2.53. The van der Waals surface area contributed by atoms with E-state index in [4.69, 9.17) is 0 Å². The maximum absolute atomic E-state index is 12.9. The number of hydrogen-bond acceptors (Lipinski definition) is 5. The molecule has 2 heterocycles. The molecule has 1 saturated heterocycles. The van der Waals surface area contributed by atoms with E-state index >= 15 is 0 Å². The first-order chi connectivity index (χ1) is 14.9. The number of benzene rings is 2. The Hall–Kier alpha value is -3.45. The van der Waals surface area contributed by atoms with E-state index in [1.165, 1.54) is 0 Å². The molecular formula is C24H23N3O4. The molecule has 2 amide bonds. The van der Waals surface area contributed by atoms with Crippen LogP contribution in [0.4, 0.5) is 0 Å². The molecule has 0 spiro atoms. The molecule has 0 radical (unpaired) electrons. The molecular weight excluding hydrogens is 394 g/mol. The van der Waals surface area contributed by atoms with Crippen LogP contribution < -0.4 is 0 Å². The molecule has 2 aliphatic rings. The van der Waals surface area contributed by atoms with Gasteiger partial charge in [-0.2, -0.15) is 0 Å². The van der Waals surface area contributed by atoms with E-state index in [0.29, 0.717) is 39.0 Å². The Balaban J connectivity index is 1.30. The van der Waals surface area contributed by atoms with Gasteiger partial charge in [0.05, 0.1) is 11.1 Å². The van der Waals surface area contributed by atoms with Gasteiger partial charge in [0.1, 0.15) is 11.4 Å². The largest absolute Gasteiger partial charge is 0.507 e. The van der Waals surface area contributed by atoms with E-state index in [2.05, 4.69) is 4.98 Å². The summed E-state index contributed by atoms with van der Waals surface area (Å²) in [6.07, 6.45) is 2.77. The van der Waals surface area contributed by atoms with Gasteiger partial charge in [-0.25, -0.2) is 0 Å². The molecule has 3 aromatic rings. The van der Waals surface area contributed by atoms with Crippen LogP contribution in [0.3, 0.4) is 0 Å². The Morgan fingerprint density at radius 2 is 1.58 bits per heavy atom. The molecule has 5 rings (SSSR count). The topological polar surface area (TPSA) is 94.0 Å². The van der Waals surface area contributed by atoms with Crippen molar-refractivity contribution in [3.05, 3.63) is 60.3 Å². The van der Waals surface area contributed by atoms with Gasteiger partial charge in [0.2, 0.25) is 0 Å². The van der Waals surface area contributed by atoms with Gasteiger partial charge in [0, 0.05) is 37.8 Å². The lowest BCUT2D eigenvalue weighted by atomic mass is 10.0. The number of aromatic nitrogens is 1. The SMILES string of the molecule is O=C(c1ccc(-c2ccc3ncccc3c2)cc1O)N1CCN(C(=O)C2(O)CC2)CC1. The summed E-state index contributed by atoms with van der Waals surface area (Å²) in [6, 6.07) is 14.8. The van der Waals surface area contributed by atoms with Crippen molar-refractivity contribution in [1.29, 1.82) is 0 Å². The van der Waals surface area contributed by atoms with Gasteiger partial charge in [0.25, 0.3) is 11.8 Å². The van der Waals surface area contributed by atoms with Crippen molar-refractivity contribution in [1.82, 2.24) is 14.8 Å². The third-order valence-corrected chi connectivity index (χ3v) is 6.14. The second-order valence-corrected chi connectivity index (χ2v) is 8.26. The third-order valence-electron chi connectivity index (χ3n) is 6.14. The van der Waals surface area contributed by atoms with Crippen molar-refractivity contribution >= 4 is 22.7 Å². The van der Waals surface area contributed by atoms with Crippen molar-refractivity contribution < 1.29 is 19.8 Å². The number of piperazine rings is 1. The predicted molar refractivity (Wildman–Crippen MR) is 116 cm³/mol. The first kappa shape index (κ1) is 19.5. The van der Waals surface area contributed by atoms with Crippen molar-refractivity contribution in [3.8, 4) is 16.9 Å². The molecule has 31 heavy (non-hydrogen) atoms. The highest BCUT2D eigenvalue weighted by molar-refractivity contribution is 5.98. The summed E-state index contributed by atoms with van der Waals surface area (Å²) in [5, 5.41) is 21.6. The van der Waals surface area contributed by atoms with Gasteiger partial charge in [-0.05, 0) is 54.3 Å². The number of pyridine rings is 1. The zero-order valence-corrected chi connectivity index (χ0v) is 17.0. The van der Waals surface area contributed by atoms with Crippen LogP contribution in [0.25, 0.3) is 22.0 Å². The highest BCUT2D eigenvalue weighted by Crippen LogP contribution is 2.37. The standard InChI is InChI=1S/C24H23N3O4/c28-21-15-17(16-4-6-20-18(14-16)2-1-9-25-20)3-5-19(21)22(29)26-10-12-27(13-11-26)23(30)24(31)7-8-24/h1-6,9,14-15,28,31H,7-8,10-13H2. The highest BCUT2D eigenvalue weighted by atomic mass is 16.3. The summed E-state index contributed by atoms with van der Waals surface area (Å²) < 4.78 is 0. The molecule has 7 nitrogen and oxygen atoms in total. The number of aromatic hydroxyl groups is 1. The van der Waals surface area contributed by atoms with Crippen LogP contribution in [0.2, 0.25) is 0 Å². The molecule has 2 N–H and O–H groups in total. The molecule has 2 aromatic carbocycles. The van der Waals surface area contributed by atoms with Crippen LogP contribution in [0.1, 0.15) is 23.2 Å². The van der Waals surface area contributed by atoms with Crippen molar-refractivity contribution in [2.24, 2.45) is 0 Å². The number of fused-ring (bicyclic) bond motifs is 1. The van der Waals surface area contributed by atoms with E-state index in [1.54, 1.807) is 28.1 Å². The number of carbonyl (C=O) groups is 2. The lowest BCUT2D eigenvalue weighted by Gasteiger charge is -2.35. The normalized spacial score (nSPS) is 17.6. The summed E-state index contributed by atoms with van der Waals surface area (Å²) in [5.74, 6) is -0.569. The number of nitrogens with zero attached hydrogens (tertiary/aromatic N) is 3. The number of phenols is 1. The molecule has 2 fully saturated rings. The fraction of sp³-hybridized carbons (Fsp3) is 0.292. The Kier molecular flexibility index (Phi) is 4.63. The van der Waals surface area contributed by atoms with Gasteiger partial charge < -0.3 is 20.0 Å². The van der Waals surface area contributed by atoms with Gasteiger partial charge >= 0.3 is 0 Å². The lowest BCUT2D eigenvalue weighted by molar-refractivity contribution is -0.143. The molecule has 1 aliphatic carbocycles. The first-order valence-electron chi connectivity index (χ1n) is 10.4. The van der Waals surface area contributed by atoms with Crippen LogP contribution in [0.15, 0.2) is 54.7 Å². The summed E-state index contributed by atoms with van der Waals surface area (Å²) >= 11 is 0. The molecule has 7 heteroatoms. The molecule has 0 atom stereocenters. The Bertz CT molecular complexity index is 1180. The number of amides is 2. The molecule has 0 bridgehead atoms. The van der Waals surface area contributed by atoms with Gasteiger partial charge in [-0.3, -0.25) is 14.6 Å². The van der Waals surface area contributed by atoms with E-state index in [0.717, 1.165) is 22.0 Å². The zero-order chi connectivity index (χ0) is 21.6. The minimum absolute atomic E-state index is 0.0698. The van der Waals surface area contributed by atoms with Crippen LogP contribution >= 0.6 is 0 Å². The number of phenolic OH excluding ortho intramolecular Hbond substituents is 1. The highest BCUT2D eigenvalue weighted by Gasteiger charge is 2.50. The van der Waals surface area contributed by atoms with Crippen LogP contribution in [0, 0.1) is 0 Å². The van der Waals surface area contributed by atoms with E-state index in [1.807, 2.05) is 36.4 Å². The minimum Gasteiger partial charge on any atom is -0.507 e. The quantitative estimate of drug-likeness (QED) is 0.683. The molecule has 1 saturated carbocycles. The minimum atomic E-state index is -1.18. The van der Waals surface area contributed by atoms with E-state index in [-0.39, 0.29) is 23.1 Å². The maximum atomic E-state index is 12.9. The van der Waals surface area contributed by atoms with Gasteiger partial charge in [0.15, 0.2) is 0 Å². The van der Waals surface area contributed by atoms with Crippen LogP contribution in [0.5, 0.6) is 5.75 Å². The Morgan fingerprint density at radius 3 is 2.29 bits per heavy atom. The van der Waals surface area contributed by atoms with E-state index in [9.17, 15) is 19.8 Å².